The molecule has 9 heteroatoms. The number of hydrogen-bond acceptors (Lipinski definition) is 6. The number of carbonyl (C=O) groups is 1. The molecule has 344 valence electrons. The van der Waals surface area contributed by atoms with Gasteiger partial charge in [0.2, 0.25) is 5.91 Å². The Bertz CT molecular complexity index is 1000. The van der Waals surface area contributed by atoms with Gasteiger partial charge in [-0.1, -0.05) is 218 Å². The summed E-state index contributed by atoms with van der Waals surface area (Å²) in [6, 6.07) is -0.898. The number of aliphatic hydroxyl groups is 1. The first-order valence-electron chi connectivity index (χ1n) is 24.7. The molecule has 0 saturated carbocycles. The Morgan fingerprint density at radius 2 is 0.966 bits per heavy atom. The molecule has 0 aliphatic carbocycles. The van der Waals surface area contributed by atoms with Crippen LogP contribution in [0.3, 0.4) is 0 Å². The molecule has 0 heterocycles. The molecule has 3 unspecified atom stereocenters. The fourth-order valence-electron chi connectivity index (χ4n) is 7.23. The third-order valence-electron chi connectivity index (χ3n) is 11.2. The molecule has 3 atom stereocenters. The molecule has 0 radical (unpaired) electrons. The first-order valence-corrected chi connectivity index (χ1v) is 26.2. The first-order chi connectivity index (χ1) is 28.0. The van der Waals surface area contributed by atoms with E-state index in [1.165, 1.54) is 173 Å². The number of phosphoric ester groups is 1. The summed E-state index contributed by atoms with van der Waals surface area (Å²) in [4.78, 5) is 25.3. The van der Waals surface area contributed by atoms with Crippen molar-refractivity contribution in [2.45, 2.75) is 244 Å². The first kappa shape index (κ1) is 57.0. The van der Waals surface area contributed by atoms with Crippen molar-refractivity contribution < 1.29 is 32.9 Å². The highest BCUT2D eigenvalue weighted by molar-refractivity contribution is 7.45. The quantitative estimate of drug-likeness (QED) is 0.0274. The molecule has 0 spiro atoms. The number of carbonyl (C=O) groups excluding carboxylic acids is 1. The van der Waals surface area contributed by atoms with Crippen LogP contribution in [0.1, 0.15) is 232 Å². The van der Waals surface area contributed by atoms with Crippen molar-refractivity contribution in [1.82, 2.24) is 5.32 Å². The lowest BCUT2D eigenvalue weighted by Crippen LogP contribution is -2.45. The second-order valence-corrected chi connectivity index (χ2v) is 19.6. The summed E-state index contributed by atoms with van der Waals surface area (Å²) in [5.74, 6) is -0.204. The fraction of sp³-hybridized carbons (Fsp3) is 0.898. The maximum absolute atomic E-state index is 12.9. The molecule has 0 aromatic heterocycles. The molecule has 0 aliphatic heterocycles. The number of nitrogens with zero attached hydrogens (tertiary/aromatic N) is 1. The van der Waals surface area contributed by atoms with Gasteiger partial charge in [0, 0.05) is 6.42 Å². The minimum Gasteiger partial charge on any atom is -0.756 e. The van der Waals surface area contributed by atoms with E-state index in [-0.39, 0.29) is 19.1 Å². The van der Waals surface area contributed by atoms with Crippen LogP contribution < -0.4 is 10.2 Å². The Morgan fingerprint density at radius 3 is 1.40 bits per heavy atom. The summed E-state index contributed by atoms with van der Waals surface area (Å²) in [5, 5.41) is 13.8. The van der Waals surface area contributed by atoms with E-state index in [2.05, 4.69) is 31.3 Å². The average Bonchev–Trinajstić information content (AvgIpc) is 3.17. The number of hydrogen-bond donors (Lipinski definition) is 2. The van der Waals surface area contributed by atoms with E-state index < -0.39 is 20.0 Å². The summed E-state index contributed by atoms with van der Waals surface area (Å²) >= 11 is 0. The van der Waals surface area contributed by atoms with Crippen LogP contribution in [0.5, 0.6) is 0 Å². The number of quaternary nitrogens is 1. The van der Waals surface area contributed by atoms with E-state index in [9.17, 15) is 19.4 Å². The lowest BCUT2D eigenvalue weighted by molar-refractivity contribution is -0.870. The van der Waals surface area contributed by atoms with Gasteiger partial charge in [-0.05, 0) is 32.1 Å². The van der Waals surface area contributed by atoms with Gasteiger partial charge in [0.25, 0.3) is 7.82 Å². The van der Waals surface area contributed by atoms with E-state index in [1.54, 1.807) is 6.08 Å². The largest absolute Gasteiger partial charge is 0.756 e. The lowest BCUT2D eigenvalue weighted by atomic mass is 10.0. The van der Waals surface area contributed by atoms with Crippen molar-refractivity contribution in [3.05, 3.63) is 24.3 Å². The number of amides is 1. The van der Waals surface area contributed by atoms with Gasteiger partial charge in [-0.3, -0.25) is 9.36 Å². The molecular formula is C49H97N2O6P. The number of aliphatic hydroxyl groups excluding tert-OH is 1. The zero-order valence-electron chi connectivity index (χ0n) is 39.0. The van der Waals surface area contributed by atoms with E-state index >= 15 is 0 Å². The molecule has 58 heavy (non-hydrogen) atoms. The number of nitrogens with one attached hydrogen (secondary N) is 1. The zero-order chi connectivity index (χ0) is 42.8. The Kier molecular flexibility index (Phi) is 40.6. The van der Waals surface area contributed by atoms with E-state index in [0.717, 1.165) is 38.5 Å². The summed E-state index contributed by atoms with van der Waals surface area (Å²) in [6.07, 6.45) is 49.5. The Labute approximate surface area is 360 Å². The molecule has 0 saturated heterocycles. The second kappa shape index (κ2) is 41.3. The minimum atomic E-state index is -4.59. The van der Waals surface area contributed by atoms with Gasteiger partial charge in [-0.25, -0.2) is 0 Å². The number of allylic oxidation sites excluding steroid dienone is 3. The van der Waals surface area contributed by atoms with Gasteiger partial charge in [-0.15, -0.1) is 0 Å². The van der Waals surface area contributed by atoms with E-state index in [0.29, 0.717) is 17.4 Å². The molecule has 0 fully saturated rings. The fourth-order valence-corrected chi connectivity index (χ4v) is 7.95. The van der Waals surface area contributed by atoms with Crippen molar-refractivity contribution in [3.8, 4) is 0 Å². The van der Waals surface area contributed by atoms with Crippen LogP contribution in [0, 0.1) is 0 Å². The standard InChI is InChI=1S/C49H97N2O6P/c1-6-8-10-12-14-16-18-20-22-23-24-25-26-27-29-30-32-34-36-38-40-42-48(52)47(46-57-58(54,55)56-45-44-51(3,4)5)50-49(53)43-41-39-37-35-33-31-28-21-19-17-15-13-11-9-7-2/h32,34,40,42,47-48,52H,6-31,33,35-39,41,43-46H2,1-5H3,(H-,50,53,54,55)/b34-32+,42-40+. The van der Waals surface area contributed by atoms with Crippen LogP contribution in [0.4, 0.5) is 0 Å². The summed E-state index contributed by atoms with van der Waals surface area (Å²) in [7, 11) is 1.25. The molecule has 0 bridgehead atoms. The number of rotatable bonds is 45. The monoisotopic (exact) mass is 841 g/mol. The van der Waals surface area contributed by atoms with Crippen molar-refractivity contribution in [3.63, 3.8) is 0 Å². The zero-order valence-corrected chi connectivity index (χ0v) is 39.9. The van der Waals surface area contributed by atoms with Gasteiger partial charge in [0.05, 0.1) is 39.9 Å². The Hall–Kier alpha value is -1.02. The molecule has 0 aliphatic rings. The highest BCUT2D eigenvalue weighted by atomic mass is 31.2. The highest BCUT2D eigenvalue weighted by Crippen LogP contribution is 2.38. The van der Waals surface area contributed by atoms with Gasteiger partial charge < -0.3 is 28.8 Å². The molecule has 1 amide bonds. The number of phosphoric acid groups is 1. The molecule has 0 aromatic carbocycles. The van der Waals surface area contributed by atoms with Crippen molar-refractivity contribution in [2.24, 2.45) is 0 Å². The summed E-state index contributed by atoms with van der Waals surface area (Å²) < 4.78 is 23.2. The van der Waals surface area contributed by atoms with Crippen LogP contribution >= 0.6 is 7.82 Å². The van der Waals surface area contributed by atoms with Gasteiger partial charge >= 0.3 is 0 Å². The van der Waals surface area contributed by atoms with Crippen molar-refractivity contribution >= 4 is 13.7 Å². The van der Waals surface area contributed by atoms with Crippen LogP contribution in [-0.4, -0.2) is 68.5 Å². The Morgan fingerprint density at radius 1 is 0.586 bits per heavy atom. The summed E-state index contributed by atoms with van der Waals surface area (Å²) in [6.45, 7) is 4.65. The van der Waals surface area contributed by atoms with Crippen molar-refractivity contribution in [1.29, 1.82) is 0 Å². The van der Waals surface area contributed by atoms with Gasteiger partial charge in [-0.2, -0.15) is 0 Å². The predicted molar refractivity (Wildman–Crippen MR) is 247 cm³/mol. The lowest BCUT2D eigenvalue weighted by Gasteiger charge is -2.29. The number of unbranched alkanes of at least 4 members (excludes halogenated alkanes) is 30. The van der Waals surface area contributed by atoms with Crippen molar-refractivity contribution in [2.75, 3.05) is 40.9 Å². The predicted octanol–water partition coefficient (Wildman–Crippen LogP) is 13.5. The molecule has 0 aromatic rings. The third kappa shape index (κ3) is 43.1. The van der Waals surface area contributed by atoms with E-state index in [1.807, 2.05) is 27.2 Å². The molecular weight excluding hydrogens is 744 g/mol. The molecule has 2 N–H and O–H groups in total. The smallest absolute Gasteiger partial charge is 0.268 e. The third-order valence-corrected chi connectivity index (χ3v) is 12.1. The SMILES string of the molecule is CCCCCCCCCCCCCCCCC/C=C/CC/C=C/C(O)C(COP(=O)([O-])OCC[N+](C)(C)C)NC(=O)CCCCCCCCCCCCCCCCC. The minimum absolute atomic E-state index is 0.00406. The summed E-state index contributed by atoms with van der Waals surface area (Å²) in [5.41, 5.74) is 0. The maximum Gasteiger partial charge on any atom is 0.268 e. The van der Waals surface area contributed by atoms with Crippen LogP contribution in [0.2, 0.25) is 0 Å². The van der Waals surface area contributed by atoms with E-state index in [4.69, 9.17) is 9.05 Å². The van der Waals surface area contributed by atoms with Crippen LogP contribution in [0.15, 0.2) is 24.3 Å². The van der Waals surface area contributed by atoms with Crippen LogP contribution in [-0.2, 0) is 18.4 Å². The Balaban J connectivity index is 4.36. The van der Waals surface area contributed by atoms with Gasteiger partial charge in [0.15, 0.2) is 0 Å². The topological polar surface area (TPSA) is 108 Å². The number of likely N-dealkylation sites (N-methyl/N-ethyl adjacent to an activating group) is 1. The normalized spacial score (nSPS) is 14.4. The molecule has 0 rings (SSSR count). The second-order valence-electron chi connectivity index (χ2n) is 18.2. The highest BCUT2D eigenvalue weighted by Gasteiger charge is 2.23. The average molecular weight is 841 g/mol. The van der Waals surface area contributed by atoms with Crippen LogP contribution in [0.25, 0.3) is 0 Å². The molecule has 8 nitrogen and oxygen atoms in total. The van der Waals surface area contributed by atoms with Gasteiger partial charge in [0.1, 0.15) is 13.2 Å². The maximum atomic E-state index is 12.9.